The molecule has 2 aromatic rings. The van der Waals surface area contributed by atoms with Crippen molar-refractivity contribution in [2.45, 2.75) is 16.6 Å². The summed E-state index contributed by atoms with van der Waals surface area (Å²) in [5.74, 6) is -0.341. The third-order valence-corrected chi connectivity index (χ3v) is 8.62. The minimum atomic E-state index is -4.19. The number of benzene rings is 2. The highest BCUT2D eigenvalue weighted by molar-refractivity contribution is 7.92. The molecular weight excluding hydrogens is 392 g/mol. The number of nitrogens with zero attached hydrogens (tertiary/aromatic N) is 2. The molecule has 0 spiro atoms. The molecule has 0 aliphatic carbocycles. The summed E-state index contributed by atoms with van der Waals surface area (Å²) in [6.07, 6.45) is 0.0895. The third kappa shape index (κ3) is 3.87. The third-order valence-electron chi connectivity index (χ3n) is 4.55. The van der Waals surface area contributed by atoms with Crippen molar-refractivity contribution in [1.29, 1.82) is 0 Å². The van der Waals surface area contributed by atoms with Gasteiger partial charge in [0, 0.05) is 19.2 Å². The molecule has 0 amide bonds. The van der Waals surface area contributed by atoms with E-state index in [2.05, 4.69) is 0 Å². The van der Waals surface area contributed by atoms with Crippen LogP contribution in [-0.4, -0.2) is 44.9 Å². The lowest BCUT2D eigenvalue weighted by Crippen LogP contribution is -2.34. The fourth-order valence-electron chi connectivity index (χ4n) is 3.17. The van der Waals surface area contributed by atoms with Gasteiger partial charge in [-0.05, 0) is 18.1 Å². The van der Waals surface area contributed by atoms with Crippen LogP contribution in [0.1, 0.15) is 17.2 Å². The predicted octanol–water partition coefficient (Wildman–Crippen LogP) is 2.15. The van der Waals surface area contributed by atoms with Crippen molar-refractivity contribution >= 4 is 25.5 Å². The Labute approximate surface area is 157 Å². The number of sulfonamides is 1. The van der Waals surface area contributed by atoms with Crippen LogP contribution in [0, 0.1) is 10.1 Å². The Balaban J connectivity index is 1.95. The van der Waals surface area contributed by atoms with Gasteiger partial charge in [-0.2, -0.15) is 4.31 Å². The second kappa shape index (κ2) is 7.37. The smallest absolute Gasteiger partial charge is 0.258 e. The molecular formula is C17H18N2O6S2. The Morgan fingerprint density at radius 1 is 1.00 bits per heavy atom. The maximum Gasteiger partial charge on any atom is 0.289 e. The molecule has 3 rings (SSSR count). The van der Waals surface area contributed by atoms with Crippen molar-refractivity contribution in [3.05, 3.63) is 70.3 Å². The lowest BCUT2D eigenvalue weighted by molar-refractivity contribution is -0.387. The van der Waals surface area contributed by atoms with Crippen molar-refractivity contribution < 1.29 is 21.8 Å². The number of hydrogen-bond acceptors (Lipinski definition) is 6. The van der Waals surface area contributed by atoms with Crippen molar-refractivity contribution in [2.24, 2.45) is 0 Å². The van der Waals surface area contributed by atoms with Crippen LogP contribution in [0.15, 0.2) is 59.5 Å². The number of hydrogen-bond donors (Lipinski definition) is 0. The molecule has 0 radical (unpaired) electrons. The van der Waals surface area contributed by atoms with Gasteiger partial charge in [-0.25, -0.2) is 16.8 Å². The van der Waals surface area contributed by atoms with E-state index in [1.54, 1.807) is 30.3 Å². The Hall–Kier alpha value is -2.30. The second-order valence-corrected chi connectivity index (χ2v) is 10.4. The average Bonchev–Trinajstić information content (AvgIpc) is 2.80. The summed E-state index contributed by atoms with van der Waals surface area (Å²) in [6.45, 7) is -0.271. The zero-order valence-corrected chi connectivity index (χ0v) is 15.9. The van der Waals surface area contributed by atoms with Crippen molar-refractivity contribution in [1.82, 2.24) is 4.31 Å². The summed E-state index contributed by atoms with van der Waals surface area (Å²) >= 11 is 0. The van der Waals surface area contributed by atoms with E-state index in [9.17, 15) is 26.9 Å². The summed E-state index contributed by atoms with van der Waals surface area (Å²) in [6, 6.07) is 13.7. The molecule has 0 aromatic heterocycles. The first-order valence-corrected chi connectivity index (χ1v) is 11.4. The standard InChI is InChI=1S/C17H18N2O6S2/c20-19(21)15-8-4-5-9-17(15)27(24,25)18-11-10-16(26(22,23)13-12-18)14-6-2-1-3-7-14/h1-9,16H,10-13H2. The van der Waals surface area contributed by atoms with E-state index in [1.807, 2.05) is 0 Å². The van der Waals surface area contributed by atoms with E-state index in [0.29, 0.717) is 5.56 Å². The summed E-state index contributed by atoms with van der Waals surface area (Å²) in [4.78, 5) is 10.0. The first kappa shape index (κ1) is 19.5. The van der Waals surface area contributed by atoms with Gasteiger partial charge in [-0.3, -0.25) is 10.1 Å². The quantitative estimate of drug-likeness (QED) is 0.563. The Kier molecular flexibility index (Phi) is 5.31. The van der Waals surface area contributed by atoms with Crippen molar-refractivity contribution in [3.8, 4) is 0 Å². The fraction of sp³-hybridized carbons (Fsp3) is 0.294. The Morgan fingerprint density at radius 3 is 2.30 bits per heavy atom. The molecule has 1 saturated heterocycles. The maximum atomic E-state index is 12.9. The van der Waals surface area contributed by atoms with Crippen LogP contribution in [0.2, 0.25) is 0 Å². The molecule has 1 unspecified atom stereocenters. The highest BCUT2D eigenvalue weighted by Crippen LogP contribution is 2.32. The van der Waals surface area contributed by atoms with Gasteiger partial charge < -0.3 is 0 Å². The molecule has 10 heteroatoms. The minimum absolute atomic E-state index is 0.0346. The topological polar surface area (TPSA) is 115 Å². The monoisotopic (exact) mass is 410 g/mol. The van der Waals surface area contributed by atoms with Crippen LogP contribution in [0.25, 0.3) is 0 Å². The van der Waals surface area contributed by atoms with Crippen molar-refractivity contribution in [2.75, 3.05) is 18.8 Å². The van der Waals surface area contributed by atoms with Gasteiger partial charge in [0.2, 0.25) is 10.0 Å². The molecule has 0 saturated carbocycles. The number of nitro benzene ring substituents is 1. The lowest BCUT2D eigenvalue weighted by Gasteiger charge is -2.19. The van der Waals surface area contributed by atoms with Gasteiger partial charge in [-0.1, -0.05) is 42.5 Å². The number of para-hydroxylation sites is 1. The molecule has 1 aliphatic rings. The number of sulfone groups is 1. The summed E-state index contributed by atoms with van der Waals surface area (Å²) < 4.78 is 52.2. The fourth-order valence-corrected chi connectivity index (χ4v) is 6.70. The van der Waals surface area contributed by atoms with Crippen molar-refractivity contribution in [3.63, 3.8) is 0 Å². The van der Waals surface area contributed by atoms with Gasteiger partial charge in [0.1, 0.15) is 0 Å². The molecule has 8 nitrogen and oxygen atoms in total. The maximum absolute atomic E-state index is 12.9. The lowest BCUT2D eigenvalue weighted by atomic mass is 10.1. The summed E-state index contributed by atoms with van der Waals surface area (Å²) in [7, 11) is -7.74. The minimum Gasteiger partial charge on any atom is -0.258 e. The molecule has 27 heavy (non-hydrogen) atoms. The largest absolute Gasteiger partial charge is 0.289 e. The Morgan fingerprint density at radius 2 is 1.63 bits per heavy atom. The van der Waals surface area contributed by atoms with E-state index in [0.717, 1.165) is 10.4 Å². The zero-order chi connectivity index (χ0) is 19.7. The van der Waals surface area contributed by atoms with Gasteiger partial charge in [0.05, 0.1) is 15.9 Å². The molecule has 1 heterocycles. The van der Waals surface area contributed by atoms with E-state index in [4.69, 9.17) is 0 Å². The SMILES string of the molecule is O=[N+]([O-])c1ccccc1S(=O)(=O)N1CCC(c2ccccc2)S(=O)(=O)CC1. The average molecular weight is 410 g/mol. The second-order valence-electron chi connectivity index (χ2n) is 6.18. The highest BCUT2D eigenvalue weighted by atomic mass is 32.2. The van der Waals surface area contributed by atoms with E-state index < -0.39 is 40.6 Å². The van der Waals surface area contributed by atoms with E-state index in [-0.39, 0.29) is 25.3 Å². The van der Waals surface area contributed by atoms with Crippen LogP contribution in [-0.2, 0) is 19.9 Å². The normalized spacial score (nSPS) is 20.7. The number of rotatable bonds is 4. The predicted molar refractivity (Wildman–Crippen MR) is 99.4 cm³/mol. The molecule has 144 valence electrons. The van der Waals surface area contributed by atoms with Gasteiger partial charge >= 0.3 is 0 Å². The first-order chi connectivity index (χ1) is 12.7. The molecule has 1 fully saturated rings. The number of nitro groups is 1. The van der Waals surface area contributed by atoms with Crippen LogP contribution in [0.4, 0.5) is 5.69 Å². The van der Waals surface area contributed by atoms with Crippen LogP contribution in [0.5, 0.6) is 0 Å². The summed E-state index contributed by atoms with van der Waals surface area (Å²) in [5, 5.41) is 10.4. The zero-order valence-electron chi connectivity index (χ0n) is 14.3. The van der Waals surface area contributed by atoms with Gasteiger partial charge in [0.25, 0.3) is 5.69 Å². The van der Waals surface area contributed by atoms with Crippen LogP contribution < -0.4 is 0 Å². The van der Waals surface area contributed by atoms with E-state index in [1.165, 1.54) is 18.2 Å². The molecule has 0 bridgehead atoms. The van der Waals surface area contributed by atoms with Gasteiger partial charge in [-0.15, -0.1) is 0 Å². The van der Waals surface area contributed by atoms with Crippen LogP contribution >= 0.6 is 0 Å². The summed E-state index contributed by atoms with van der Waals surface area (Å²) in [5.41, 5.74) is 0.0895. The Bertz CT molecular complexity index is 1050. The highest BCUT2D eigenvalue weighted by Gasteiger charge is 2.37. The van der Waals surface area contributed by atoms with Crippen LogP contribution in [0.3, 0.4) is 0 Å². The molecule has 2 aromatic carbocycles. The van der Waals surface area contributed by atoms with E-state index >= 15 is 0 Å². The molecule has 0 N–H and O–H groups in total. The van der Waals surface area contributed by atoms with Gasteiger partial charge in [0.15, 0.2) is 14.7 Å². The first-order valence-electron chi connectivity index (χ1n) is 8.23. The molecule has 1 aliphatic heterocycles. The molecule has 1 atom stereocenters.